The molecule has 4 bridgehead atoms. The standard InChI is InChI=1S/C22H22Cl2O/c23-17-5-6-19(21(24)12-17)18-3-1-2-4-20(18)22(25)15-8-13-7-14(10-15)11-16(22)9-13/h1-6,12-16,25H,7-11H2. The van der Waals surface area contributed by atoms with E-state index in [1.165, 1.54) is 32.1 Å². The van der Waals surface area contributed by atoms with Crippen LogP contribution in [0, 0.1) is 23.7 Å². The van der Waals surface area contributed by atoms with E-state index >= 15 is 0 Å². The Morgan fingerprint density at radius 1 is 0.800 bits per heavy atom. The Morgan fingerprint density at radius 3 is 2.08 bits per heavy atom. The molecular formula is C22H22Cl2O. The van der Waals surface area contributed by atoms with Gasteiger partial charge in [-0.15, -0.1) is 0 Å². The molecule has 0 aromatic heterocycles. The van der Waals surface area contributed by atoms with Crippen molar-refractivity contribution in [1.82, 2.24) is 0 Å². The second-order valence-electron chi connectivity index (χ2n) is 8.30. The number of hydrogen-bond donors (Lipinski definition) is 1. The molecule has 1 nitrogen and oxygen atoms in total. The van der Waals surface area contributed by atoms with Crippen molar-refractivity contribution in [2.45, 2.75) is 37.7 Å². The van der Waals surface area contributed by atoms with E-state index in [-0.39, 0.29) is 0 Å². The lowest BCUT2D eigenvalue weighted by Gasteiger charge is -2.59. The molecule has 0 amide bonds. The minimum absolute atomic E-state index is 0.385. The predicted molar refractivity (Wildman–Crippen MR) is 103 cm³/mol. The Hall–Kier alpha value is -1.02. The first kappa shape index (κ1) is 16.2. The van der Waals surface area contributed by atoms with Gasteiger partial charge in [0.25, 0.3) is 0 Å². The van der Waals surface area contributed by atoms with Gasteiger partial charge < -0.3 is 5.11 Å². The highest BCUT2D eigenvalue weighted by atomic mass is 35.5. The fraction of sp³-hybridized carbons (Fsp3) is 0.455. The highest BCUT2D eigenvalue weighted by Gasteiger charge is 2.57. The van der Waals surface area contributed by atoms with Crippen molar-refractivity contribution in [2.75, 3.05) is 0 Å². The SMILES string of the molecule is OC1(c2ccccc2-c2ccc(Cl)cc2Cl)C2CC3CC(C2)CC1C3. The van der Waals surface area contributed by atoms with Gasteiger partial charge in [-0.1, -0.05) is 53.5 Å². The van der Waals surface area contributed by atoms with Crippen LogP contribution in [0.25, 0.3) is 11.1 Å². The summed E-state index contributed by atoms with van der Waals surface area (Å²) in [5.41, 5.74) is 2.36. The largest absolute Gasteiger partial charge is 0.385 e. The van der Waals surface area contributed by atoms with Crippen LogP contribution in [-0.4, -0.2) is 5.11 Å². The molecule has 2 aromatic rings. The van der Waals surface area contributed by atoms with E-state index in [1.807, 2.05) is 24.3 Å². The lowest BCUT2D eigenvalue weighted by Crippen LogP contribution is -2.55. The Morgan fingerprint density at radius 2 is 1.44 bits per heavy atom. The number of halogens is 2. The van der Waals surface area contributed by atoms with Crippen LogP contribution in [0.4, 0.5) is 0 Å². The van der Waals surface area contributed by atoms with E-state index in [0.717, 1.165) is 28.5 Å². The van der Waals surface area contributed by atoms with Crippen molar-refractivity contribution in [3.05, 3.63) is 58.1 Å². The molecule has 4 aliphatic carbocycles. The van der Waals surface area contributed by atoms with Crippen molar-refractivity contribution in [3.8, 4) is 11.1 Å². The molecule has 3 heteroatoms. The molecule has 4 fully saturated rings. The lowest BCUT2D eigenvalue weighted by molar-refractivity contribution is -0.179. The summed E-state index contributed by atoms with van der Waals surface area (Å²) in [5, 5.41) is 13.3. The zero-order valence-electron chi connectivity index (χ0n) is 14.1. The summed E-state index contributed by atoms with van der Waals surface area (Å²) in [6, 6.07) is 13.9. The molecule has 0 radical (unpaired) electrons. The van der Waals surface area contributed by atoms with Gasteiger partial charge in [0, 0.05) is 15.6 Å². The highest BCUT2D eigenvalue weighted by molar-refractivity contribution is 6.36. The molecule has 0 spiro atoms. The fourth-order valence-electron chi connectivity index (χ4n) is 6.12. The third-order valence-corrected chi connectivity index (χ3v) is 7.51. The topological polar surface area (TPSA) is 20.2 Å². The van der Waals surface area contributed by atoms with Crippen LogP contribution in [0.5, 0.6) is 0 Å². The van der Waals surface area contributed by atoms with Gasteiger partial charge in [0.1, 0.15) is 0 Å². The van der Waals surface area contributed by atoms with E-state index in [2.05, 4.69) is 12.1 Å². The summed E-state index contributed by atoms with van der Waals surface area (Å²) >= 11 is 12.6. The minimum Gasteiger partial charge on any atom is -0.385 e. The number of rotatable bonds is 2. The molecule has 0 aliphatic heterocycles. The van der Waals surface area contributed by atoms with Gasteiger partial charge in [-0.2, -0.15) is 0 Å². The molecular weight excluding hydrogens is 351 g/mol. The molecule has 4 aliphatic rings. The zero-order valence-corrected chi connectivity index (χ0v) is 15.6. The maximum absolute atomic E-state index is 12.0. The highest BCUT2D eigenvalue weighted by Crippen LogP contribution is 2.62. The maximum Gasteiger partial charge on any atom is 0.0958 e. The van der Waals surface area contributed by atoms with Crippen LogP contribution in [0.1, 0.15) is 37.7 Å². The Bertz CT molecular complexity index is 801. The molecule has 0 heterocycles. The average Bonchev–Trinajstić information content (AvgIpc) is 2.59. The van der Waals surface area contributed by atoms with Gasteiger partial charge in [0.2, 0.25) is 0 Å². The summed E-state index contributed by atoms with van der Waals surface area (Å²) in [4.78, 5) is 0. The minimum atomic E-state index is -0.715. The van der Waals surface area contributed by atoms with E-state index in [4.69, 9.17) is 23.2 Å². The summed E-state index contributed by atoms with van der Waals surface area (Å²) in [7, 11) is 0. The first-order chi connectivity index (χ1) is 12.1. The second-order valence-corrected chi connectivity index (χ2v) is 9.14. The maximum atomic E-state index is 12.0. The van der Waals surface area contributed by atoms with E-state index in [0.29, 0.717) is 21.9 Å². The quantitative estimate of drug-likeness (QED) is 0.655. The summed E-state index contributed by atoms with van der Waals surface area (Å²) in [6.07, 6.45) is 6.07. The van der Waals surface area contributed by atoms with Crippen molar-refractivity contribution < 1.29 is 5.11 Å². The molecule has 4 saturated carbocycles. The first-order valence-electron chi connectivity index (χ1n) is 9.33. The predicted octanol–water partition coefficient (Wildman–Crippen LogP) is 6.30. The monoisotopic (exact) mass is 372 g/mol. The van der Waals surface area contributed by atoms with Crippen LogP contribution < -0.4 is 0 Å². The van der Waals surface area contributed by atoms with Crippen molar-refractivity contribution in [1.29, 1.82) is 0 Å². The van der Waals surface area contributed by atoms with Crippen molar-refractivity contribution >= 4 is 23.2 Å². The van der Waals surface area contributed by atoms with Crippen LogP contribution in [0.2, 0.25) is 10.0 Å². The van der Waals surface area contributed by atoms with Crippen LogP contribution in [0.15, 0.2) is 42.5 Å². The molecule has 0 saturated heterocycles. The van der Waals surface area contributed by atoms with Crippen molar-refractivity contribution in [3.63, 3.8) is 0 Å². The second kappa shape index (κ2) is 5.74. The Balaban J connectivity index is 1.66. The third kappa shape index (κ3) is 2.40. The molecule has 0 atom stereocenters. The summed E-state index contributed by atoms with van der Waals surface area (Å²) in [5.74, 6) is 2.43. The molecule has 25 heavy (non-hydrogen) atoms. The van der Waals surface area contributed by atoms with Gasteiger partial charge >= 0.3 is 0 Å². The molecule has 0 unspecified atom stereocenters. The smallest absolute Gasteiger partial charge is 0.0958 e. The van der Waals surface area contributed by atoms with Crippen molar-refractivity contribution in [2.24, 2.45) is 23.7 Å². The van der Waals surface area contributed by atoms with Crippen LogP contribution >= 0.6 is 23.2 Å². The molecule has 6 rings (SSSR count). The van der Waals surface area contributed by atoms with Gasteiger partial charge in [0.05, 0.1) is 5.60 Å². The first-order valence-corrected chi connectivity index (χ1v) is 10.1. The Labute approximate surface area is 159 Å². The van der Waals surface area contributed by atoms with E-state index < -0.39 is 5.60 Å². The summed E-state index contributed by atoms with van der Waals surface area (Å²) < 4.78 is 0. The van der Waals surface area contributed by atoms with Gasteiger partial charge in [-0.25, -0.2) is 0 Å². The Kier molecular flexibility index (Phi) is 3.71. The summed E-state index contributed by atoms with van der Waals surface area (Å²) in [6.45, 7) is 0. The molecule has 2 aromatic carbocycles. The normalized spacial score (nSPS) is 36.0. The average molecular weight is 373 g/mol. The van der Waals surface area contributed by atoms with Gasteiger partial charge in [-0.3, -0.25) is 0 Å². The van der Waals surface area contributed by atoms with E-state index in [9.17, 15) is 5.11 Å². The third-order valence-electron chi connectivity index (χ3n) is 6.96. The van der Waals surface area contributed by atoms with Gasteiger partial charge in [-0.05, 0) is 79.0 Å². The van der Waals surface area contributed by atoms with Crippen LogP contribution in [-0.2, 0) is 5.60 Å². The van der Waals surface area contributed by atoms with E-state index in [1.54, 1.807) is 6.07 Å². The molecule has 1 N–H and O–H groups in total. The number of aliphatic hydroxyl groups is 1. The number of hydrogen-bond acceptors (Lipinski definition) is 1. The zero-order chi connectivity index (χ0) is 17.2. The van der Waals surface area contributed by atoms with Crippen LogP contribution in [0.3, 0.4) is 0 Å². The van der Waals surface area contributed by atoms with Gasteiger partial charge in [0.15, 0.2) is 0 Å². The lowest BCUT2D eigenvalue weighted by atomic mass is 9.48. The number of benzene rings is 2. The molecule has 130 valence electrons. The fourth-order valence-corrected chi connectivity index (χ4v) is 6.63.